The van der Waals surface area contributed by atoms with Crippen molar-refractivity contribution in [3.05, 3.63) is 46.4 Å². The largest absolute Gasteiger partial charge is 0.326 e. The van der Waals surface area contributed by atoms with Crippen LogP contribution in [-0.2, 0) is 23.0 Å². The zero-order valence-electron chi connectivity index (χ0n) is 10.2. The van der Waals surface area contributed by atoms with Gasteiger partial charge >= 0.3 is 0 Å². The van der Waals surface area contributed by atoms with E-state index in [1.54, 1.807) is 17.6 Å². The van der Waals surface area contributed by atoms with Gasteiger partial charge in [-0.25, -0.2) is 13.1 Å². The SMILES string of the molecule is NCc1sccc1S(=O)(=O)NCCc1ccccn1. The van der Waals surface area contributed by atoms with Crippen LogP contribution >= 0.6 is 11.3 Å². The number of nitrogens with two attached hydrogens (primary N) is 1. The molecule has 0 radical (unpaired) electrons. The molecule has 0 fully saturated rings. The van der Waals surface area contributed by atoms with E-state index in [1.807, 2.05) is 18.2 Å². The fraction of sp³-hybridized carbons (Fsp3) is 0.250. The summed E-state index contributed by atoms with van der Waals surface area (Å²) in [5, 5.41) is 1.73. The topological polar surface area (TPSA) is 85.1 Å². The molecule has 2 aromatic heterocycles. The molecule has 0 spiro atoms. The Labute approximate surface area is 116 Å². The molecule has 5 nitrogen and oxygen atoms in total. The van der Waals surface area contributed by atoms with Gasteiger partial charge in [-0.15, -0.1) is 11.3 Å². The zero-order chi connectivity index (χ0) is 13.7. The average molecular weight is 297 g/mol. The molecule has 0 saturated heterocycles. The number of thiophene rings is 1. The predicted molar refractivity (Wildman–Crippen MR) is 75.3 cm³/mol. The van der Waals surface area contributed by atoms with Crippen LogP contribution in [0, 0.1) is 0 Å². The van der Waals surface area contributed by atoms with Crippen LogP contribution in [0.3, 0.4) is 0 Å². The standard InChI is InChI=1S/C12H15N3O2S2/c13-9-11-12(5-8-18-11)19(16,17)15-7-4-10-3-1-2-6-14-10/h1-3,5-6,8,15H,4,7,9,13H2. The van der Waals surface area contributed by atoms with E-state index in [1.165, 1.54) is 11.3 Å². The van der Waals surface area contributed by atoms with E-state index >= 15 is 0 Å². The molecule has 0 aromatic carbocycles. The highest BCUT2D eigenvalue weighted by Gasteiger charge is 2.18. The molecular weight excluding hydrogens is 282 g/mol. The Morgan fingerprint density at radius 2 is 2.16 bits per heavy atom. The summed E-state index contributed by atoms with van der Waals surface area (Å²) >= 11 is 1.35. The number of sulfonamides is 1. The van der Waals surface area contributed by atoms with E-state index in [0.717, 1.165) is 5.69 Å². The van der Waals surface area contributed by atoms with Crippen LogP contribution < -0.4 is 10.5 Å². The number of aromatic nitrogens is 1. The van der Waals surface area contributed by atoms with Gasteiger partial charge in [-0.1, -0.05) is 6.07 Å². The highest BCUT2D eigenvalue weighted by molar-refractivity contribution is 7.89. The van der Waals surface area contributed by atoms with Crippen molar-refractivity contribution in [1.29, 1.82) is 0 Å². The van der Waals surface area contributed by atoms with Crippen LogP contribution in [0.2, 0.25) is 0 Å². The number of rotatable bonds is 6. The van der Waals surface area contributed by atoms with Gasteiger partial charge in [0.25, 0.3) is 0 Å². The van der Waals surface area contributed by atoms with Crippen LogP contribution in [0.5, 0.6) is 0 Å². The van der Waals surface area contributed by atoms with Crippen molar-refractivity contribution >= 4 is 21.4 Å². The minimum absolute atomic E-state index is 0.230. The highest BCUT2D eigenvalue weighted by atomic mass is 32.2. The Kier molecular flexibility index (Phi) is 4.65. The second-order valence-electron chi connectivity index (χ2n) is 3.88. The fourth-order valence-electron chi connectivity index (χ4n) is 1.65. The molecule has 0 amide bonds. The number of nitrogens with one attached hydrogen (secondary N) is 1. The van der Waals surface area contributed by atoms with Crippen LogP contribution in [0.4, 0.5) is 0 Å². The summed E-state index contributed by atoms with van der Waals surface area (Å²) in [4.78, 5) is 5.09. The summed E-state index contributed by atoms with van der Waals surface area (Å²) in [5.41, 5.74) is 6.38. The first-order chi connectivity index (χ1) is 9.13. The molecule has 7 heteroatoms. The monoisotopic (exact) mass is 297 g/mol. The lowest BCUT2D eigenvalue weighted by Crippen LogP contribution is -2.26. The maximum Gasteiger partial charge on any atom is 0.241 e. The minimum Gasteiger partial charge on any atom is -0.326 e. The Hall–Kier alpha value is -1.28. The van der Waals surface area contributed by atoms with Gasteiger partial charge in [-0.3, -0.25) is 4.98 Å². The average Bonchev–Trinajstić information content (AvgIpc) is 2.89. The Balaban J connectivity index is 1.99. The first-order valence-corrected chi connectivity index (χ1v) is 8.16. The lowest BCUT2D eigenvalue weighted by Gasteiger charge is -2.06. The van der Waals surface area contributed by atoms with E-state index < -0.39 is 10.0 Å². The Bertz CT molecular complexity index is 623. The maximum atomic E-state index is 12.1. The summed E-state index contributed by atoms with van der Waals surface area (Å²) in [6, 6.07) is 7.15. The zero-order valence-corrected chi connectivity index (χ0v) is 11.9. The summed E-state index contributed by atoms with van der Waals surface area (Å²) in [6.45, 7) is 0.549. The van der Waals surface area contributed by atoms with Gasteiger partial charge in [0.05, 0.1) is 4.90 Å². The lowest BCUT2D eigenvalue weighted by molar-refractivity contribution is 0.580. The molecule has 2 aromatic rings. The number of pyridine rings is 1. The molecule has 0 aliphatic rings. The second-order valence-corrected chi connectivity index (χ2v) is 6.62. The lowest BCUT2D eigenvalue weighted by atomic mass is 10.3. The molecule has 2 heterocycles. The molecule has 0 aliphatic carbocycles. The molecule has 0 aliphatic heterocycles. The second kappa shape index (κ2) is 6.25. The molecule has 0 atom stereocenters. The smallest absolute Gasteiger partial charge is 0.241 e. The number of hydrogen-bond acceptors (Lipinski definition) is 5. The first kappa shape index (κ1) is 14.1. The van der Waals surface area contributed by atoms with Crippen molar-refractivity contribution in [2.75, 3.05) is 6.54 Å². The van der Waals surface area contributed by atoms with Crippen LogP contribution in [-0.4, -0.2) is 19.9 Å². The van der Waals surface area contributed by atoms with Crippen molar-refractivity contribution in [2.24, 2.45) is 5.73 Å². The third-order valence-corrected chi connectivity index (χ3v) is 5.20. The van der Waals surface area contributed by atoms with Gasteiger partial charge in [-0.05, 0) is 23.6 Å². The van der Waals surface area contributed by atoms with E-state index in [-0.39, 0.29) is 11.4 Å². The van der Waals surface area contributed by atoms with E-state index in [0.29, 0.717) is 17.8 Å². The van der Waals surface area contributed by atoms with Crippen LogP contribution in [0.25, 0.3) is 0 Å². The Morgan fingerprint density at radius 3 is 2.84 bits per heavy atom. The summed E-state index contributed by atoms with van der Waals surface area (Å²) < 4.78 is 26.7. The number of hydrogen-bond donors (Lipinski definition) is 2. The van der Waals surface area contributed by atoms with Crippen molar-refractivity contribution in [1.82, 2.24) is 9.71 Å². The van der Waals surface area contributed by atoms with E-state index in [9.17, 15) is 8.42 Å². The van der Waals surface area contributed by atoms with Crippen molar-refractivity contribution in [3.8, 4) is 0 Å². The van der Waals surface area contributed by atoms with Gasteiger partial charge in [-0.2, -0.15) is 0 Å². The summed E-state index contributed by atoms with van der Waals surface area (Å²) in [5.74, 6) is 0. The molecule has 102 valence electrons. The fourth-order valence-corrected chi connectivity index (χ4v) is 4.02. The summed E-state index contributed by atoms with van der Waals surface area (Å²) in [7, 11) is -3.48. The Morgan fingerprint density at radius 1 is 1.32 bits per heavy atom. The minimum atomic E-state index is -3.48. The van der Waals surface area contributed by atoms with E-state index in [2.05, 4.69) is 9.71 Å². The normalized spacial score (nSPS) is 11.6. The summed E-state index contributed by atoms with van der Waals surface area (Å²) in [6.07, 6.45) is 2.25. The highest BCUT2D eigenvalue weighted by Crippen LogP contribution is 2.20. The van der Waals surface area contributed by atoms with E-state index in [4.69, 9.17) is 5.73 Å². The third-order valence-electron chi connectivity index (χ3n) is 2.58. The molecule has 0 bridgehead atoms. The van der Waals surface area contributed by atoms with Gasteiger partial charge in [0.1, 0.15) is 0 Å². The maximum absolute atomic E-state index is 12.1. The van der Waals surface area contributed by atoms with Gasteiger partial charge in [0, 0.05) is 36.3 Å². The van der Waals surface area contributed by atoms with Gasteiger partial charge in [0.2, 0.25) is 10.0 Å². The number of nitrogens with zero attached hydrogens (tertiary/aromatic N) is 1. The van der Waals surface area contributed by atoms with Crippen LogP contribution in [0.1, 0.15) is 10.6 Å². The predicted octanol–water partition coefficient (Wildman–Crippen LogP) is 1.12. The first-order valence-electron chi connectivity index (χ1n) is 5.79. The third kappa shape index (κ3) is 3.60. The van der Waals surface area contributed by atoms with Gasteiger partial charge < -0.3 is 5.73 Å². The van der Waals surface area contributed by atoms with Crippen molar-refractivity contribution < 1.29 is 8.42 Å². The molecule has 0 saturated carbocycles. The van der Waals surface area contributed by atoms with Gasteiger partial charge in [0.15, 0.2) is 0 Å². The molecular formula is C12H15N3O2S2. The van der Waals surface area contributed by atoms with Crippen molar-refractivity contribution in [2.45, 2.75) is 17.9 Å². The molecule has 2 rings (SSSR count). The van der Waals surface area contributed by atoms with Crippen LogP contribution in [0.15, 0.2) is 40.7 Å². The molecule has 19 heavy (non-hydrogen) atoms. The van der Waals surface area contributed by atoms with Crippen molar-refractivity contribution in [3.63, 3.8) is 0 Å². The molecule has 0 unspecified atom stereocenters. The quantitative estimate of drug-likeness (QED) is 0.837. The molecule has 3 N–H and O–H groups in total.